The maximum absolute atomic E-state index is 11.7. The second kappa shape index (κ2) is 7.51. The van der Waals surface area contributed by atoms with Crippen molar-refractivity contribution in [1.82, 2.24) is 9.78 Å². The van der Waals surface area contributed by atoms with E-state index >= 15 is 0 Å². The number of nitrogens with zero attached hydrogens (tertiary/aromatic N) is 2. The highest BCUT2D eigenvalue weighted by Gasteiger charge is 2.17. The van der Waals surface area contributed by atoms with Gasteiger partial charge in [-0.3, -0.25) is 9.48 Å². The number of ketones is 1. The Morgan fingerprint density at radius 3 is 2.78 bits per heavy atom. The van der Waals surface area contributed by atoms with E-state index in [0.29, 0.717) is 24.7 Å². The zero-order valence-corrected chi connectivity index (χ0v) is 11.7. The molecule has 1 heterocycles. The summed E-state index contributed by atoms with van der Waals surface area (Å²) in [5, 5.41) is 4.97. The number of halogens is 1. The number of hydrogen-bond acceptors (Lipinski definition) is 4. The van der Waals surface area contributed by atoms with E-state index in [0.717, 1.165) is 17.8 Å². The molecule has 0 radical (unpaired) electrons. The Balaban J connectivity index is 2.70. The number of nitrogens with two attached hydrogens (primary N) is 1. The molecule has 2 N–H and O–H groups in total. The minimum absolute atomic E-state index is 0.0115. The first kappa shape index (κ1) is 15.1. The normalized spacial score (nSPS) is 10.9. The van der Waals surface area contributed by atoms with Gasteiger partial charge in [-0.05, 0) is 13.3 Å². The maximum Gasteiger partial charge on any atom is 0.164 e. The molecule has 0 aliphatic rings. The molecule has 0 aliphatic carbocycles. The van der Waals surface area contributed by atoms with Crippen LogP contribution in [0.25, 0.3) is 0 Å². The molecule has 102 valence electrons. The molecule has 0 atom stereocenters. The highest BCUT2D eigenvalue weighted by Crippen LogP contribution is 2.22. The van der Waals surface area contributed by atoms with Crippen LogP contribution in [0.15, 0.2) is 0 Å². The molecule has 0 saturated carbocycles. The van der Waals surface area contributed by atoms with E-state index < -0.39 is 0 Å². The first-order valence-corrected chi connectivity index (χ1v) is 6.55. The third-order valence-electron chi connectivity index (χ3n) is 2.58. The minimum atomic E-state index is -0.0115. The monoisotopic (exact) mass is 273 g/mol. The lowest BCUT2D eigenvalue weighted by Gasteiger charge is -2.05. The van der Waals surface area contributed by atoms with Gasteiger partial charge in [0.2, 0.25) is 0 Å². The van der Waals surface area contributed by atoms with Gasteiger partial charge in [0.05, 0.1) is 29.4 Å². The van der Waals surface area contributed by atoms with E-state index in [2.05, 4.69) is 5.10 Å². The molecule has 0 aromatic carbocycles. The average Bonchev–Trinajstić information content (AvgIpc) is 2.66. The molecule has 0 bridgehead atoms. The Kier molecular flexibility index (Phi) is 6.32. The van der Waals surface area contributed by atoms with Crippen LogP contribution in [0.4, 0.5) is 0 Å². The fraction of sp³-hybridized carbons (Fsp3) is 0.667. The molecule has 0 saturated heterocycles. The molecule has 0 amide bonds. The first-order chi connectivity index (χ1) is 8.63. The van der Waals surface area contributed by atoms with Gasteiger partial charge in [0.25, 0.3) is 0 Å². The lowest BCUT2D eigenvalue weighted by Crippen LogP contribution is -2.17. The van der Waals surface area contributed by atoms with Crippen LogP contribution in [-0.4, -0.2) is 35.3 Å². The summed E-state index contributed by atoms with van der Waals surface area (Å²) in [6.45, 7) is 5.55. The highest BCUT2D eigenvalue weighted by atomic mass is 35.5. The Morgan fingerprint density at radius 2 is 2.22 bits per heavy atom. The fourth-order valence-electron chi connectivity index (χ4n) is 1.69. The summed E-state index contributed by atoms with van der Waals surface area (Å²) >= 11 is 6.22. The van der Waals surface area contributed by atoms with Crippen LogP contribution in [0.5, 0.6) is 0 Å². The Morgan fingerprint density at radius 1 is 1.50 bits per heavy atom. The van der Waals surface area contributed by atoms with Gasteiger partial charge in [-0.15, -0.1) is 0 Å². The molecular weight excluding hydrogens is 254 g/mol. The molecule has 0 spiro atoms. The van der Waals surface area contributed by atoms with Gasteiger partial charge in [0.1, 0.15) is 6.61 Å². The summed E-state index contributed by atoms with van der Waals surface area (Å²) < 4.78 is 6.90. The highest BCUT2D eigenvalue weighted by molar-refractivity contribution is 6.32. The van der Waals surface area contributed by atoms with Crippen LogP contribution < -0.4 is 5.73 Å². The number of aromatic nitrogens is 2. The Hall–Kier alpha value is -0.910. The maximum atomic E-state index is 11.7. The van der Waals surface area contributed by atoms with Crippen molar-refractivity contribution in [3.05, 3.63) is 16.4 Å². The van der Waals surface area contributed by atoms with E-state index in [9.17, 15) is 4.79 Å². The number of Topliss-reactive ketones (excluding diaryl/α,β-unsaturated/α-hetero) is 1. The predicted octanol–water partition coefficient (Wildman–Crippen LogP) is 1.21. The molecule has 1 aromatic rings. The van der Waals surface area contributed by atoms with Crippen LogP contribution in [-0.2, 0) is 28.9 Å². The van der Waals surface area contributed by atoms with Gasteiger partial charge >= 0.3 is 0 Å². The number of hydrogen-bond donors (Lipinski definition) is 1. The minimum Gasteiger partial charge on any atom is -0.372 e. The quantitative estimate of drug-likeness (QED) is 0.723. The van der Waals surface area contributed by atoms with Crippen molar-refractivity contribution in [2.45, 2.75) is 33.2 Å². The van der Waals surface area contributed by atoms with E-state index in [1.165, 1.54) is 0 Å². The van der Waals surface area contributed by atoms with Gasteiger partial charge in [-0.25, -0.2) is 0 Å². The average molecular weight is 274 g/mol. The van der Waals surface area contributed by atoms with E-state index in [-0.39, 0.29) is 18.8 Å². The first-order valence-electron chi connectivity index (χ1n) is 6.17. The van der Waals surface area contributed by atoms with Crippen molar-refractivity contribution in [2.24, 2.45) is 5.73 Å². The number of carbonyl (C=O) groups is 1. The molecule has 6 heteroatoms. The molecule has 1 aromatic heterocycles. The summed E-state index contributed by atoms with van der Waals surface area (Å²) in [6, 6.07) is 0. The number of aryl methyl sites for hydroxylation is 2. The number of ether oxygens (including phenoxy) is 1. The molecule has 18 heavy (non-hydrogen) atoms. The van der Waals surface area contributed by atoms with E-state index in [1.54, 1.807) is 4.68 Å². The molecule has 1 rings (SSSR count). The Labute approximate surface area is 112 Å². The Bertz CT molecular complexity index is 404. The van der Waals surface area contributed by atoms with Crippen molar-refractivity contribution >= 4 is 17.4 Å². The van der Waals surface area contributed by atoms with Gasteiger partial charge < -0.3 is 10.5 Å². The largest absolute Gasteiger partial charge is 0.372 e. The smallest absolute Gasteiger partial charge is 0.164 e. The molecular formula is C12H20ClN3O2. The summed E-state index contributed by atoms with van der Waals surface area (Å²) in [5.41, 5.74) is 6.90. The molecule has 0 aliphatic heterocycles. The second-order valence-electron chi connectivity index (χ2n) is 3.93. The summed E-state index contributed by atoms with van der Waals surface area (Å²) in [7, 11) is 0. The zero-order chi connectivity index (χ0) is 13.5. The number of rotatable bonds is 8. The van der Waals surface area contributed by atoms with Gasteiger partial charge in [-0.2, -0.15) is 5.10 Å². The SMILES string of the molecule is CCc1nn(CC)c(CC(=O)COCCN)c1Cl. The van der Waals surface area contributed by atoms with Crippen molar-refractivity contribution in [3.8, 4) is 0 Å². The van der Waals surface area contributed by atoms with Crippen molar-refractivity contribution in [3.63, 3.8) is 0 Å². The van der Waals surface area contributed by atoms with Gasteiger partial charge in [0, 0.05) is 13.1 Å². The zero-order valence-electron chi connectivity index (χ0n) is 10.9. The van der Waals surface area contributed by atoms with Crippen molar-refractivity contribution in [1.29, 1.82) is 0 Å². The van der Waals surface area contributed by atoms with Crippen LogP contribution in [0.3, 0.4) is 0 Å². The fourth-order valence-corrected chi connectivity index (χ4v) is 2.03. The van der Waals surface area contributed by atoms with E-state index in [4.69, 9.17) is 22.1 Å². The van der Waals surface area contributed by atoms with E-state index in [1.807, 2.05) is 13.8 Å². The van der Waals surface area contributed by atoms with Crippen molar-refractivity contribution < 1.29 is 9.53 Å². The van der Waals surface area contributed by atoms with Crippen LogP contribution in [0.1, 0.15) is 25.2 Å². The van der Waals surface area contributed by atoms with Crippen LogP contribution >= 0.6 is 11.6 Å². The van der Waals surface area contributed by atoms with Crippen LogP contribution in [0.2, 0.25) is 5.02 Å². The summed E-state index contributed by atoms with van der Waals surface area (Å²) in [4.78, 5) is 11.7. The summed E-state index contributed by atoms with van der Waals surface area (Å²) in [6.07, 6.45) is 1.01. The molecule has 5 nitrogen and oxygen atoms in total. The van der Waals surface area contributed by atoms with Gasteiger partial charge in [0.15, 0.2) is 5.78 Å². The lowest BCUT2D eigenvalue weighted by atomic mass is 10.2. The van der Waals surface area contributed by atoms with Crippen LogP contribution in [0, 0.1) is 0 Å². The number of carbonyl (C=O) groups excluding carboxylic acids is 1. The second-order valence-corrected chi connectivity index (χ2v) is 4.31. The predicted molar refractivity (Wildman–Crippen MR) is 70.9 cm³/mol. The van der Waals surface area contributed by atoms with Gasteiger partial charge in [-0.1, -0.05) is 18.5 Å². The third-order valence-corrected chi connectivity index (χ3v) is 3.02. The topological polar surface area (TPSA) is 70.1 Å². The molecule has 0 unspecified atom stereocenters. The third kappa shape index (κ3) is 3.80. The summed E-state index contributed by atoms with van der Waals surface area (Å²) in [5.74, 6) is -0.0115. The lowest BCUT2D eigenvalue weighted by molar-refractivity contribution is -0.122. The molecule has 0 fully saturated rings. The standard InChI is InChI=1S/C12H20ClN3O2/c1-3-10-12(13)11(16(4-2)15-10)7-9(17)8-18-6-5-14/h3-8,14H2,1-2H3. The van der Waals surface area contributed by atoms with Crippen molar-refractivity contribution in [2.75, 3.05) is 19.8 Å².